The van der Waals surface area contributed by atoms with Crippen LogP contribution in [0.5, 0.6) is 0 Å². The van der Waals surface area contributed by atoms with Crippen molar-refractivity contribution in [1.29, 1.82) is 0 Å². The van der Waals surface area contributed by atoms with Gasteiger partial charge in [0.15, 0.2) is 5.96 Å². The zero-order valence-corrected chi connectivity index (χ0v) is 13.8. The van der Waals surface area contributed by atoms with Gasteiger partial charge >= 0.3 is 0 Å². The molecule has 1 aromatic rings. The first-order valence-electron chi connectivity index (χ1n) is 7.68. The Bertz CT molecular complexity index is 487. The number of aliphatic hydroxyl groups is 1. The molecule has 1 atom stereocenters. The van der Waals surface area contributed by atoms with E-state index >= 15 is 0 Å². The maximum absolute atomic E-state index is 12.9. The van der Waals surface area contributed by atoms with Crippen LogP contribution in [0.3, 0.4) is 0 Å². The molecule has 0 bridgehead atoms. The molecule has 0 aromatic heterocycles. The third-order valence-corrected chi connectivity index (χ3v) is 4.81. The van der Waals surface area contributed by atoms with Crippen LogP contribution >= 0.6 is 11.8 Å². The summed E-state index contributed by atoms with van der Waals surface area (Å²) in [6.07, 6.45) is 1.60. The zero-order chi connectivity index (χ0) is 15.8. The Labute approximate surface area is 135 Å². The maximum Gasteiger partial charge on any atom is 0.191 e. The van der Waals surface area contributed by atoms with Crippen LogP contribution in [-0.2, 0) is 6.42 Å². The average Bonchev–Trinajstić information content (AvgIpc) is 2.94. The van der Waals surface area contributed by atoms with Crippen LogP contribution in [0.15, 0.2) is 29.3 Å². The van der Waals surface area contributed by atoms with Crippen molar-refractivity contribution in [3.05, 3.63) is 35.6 Å². The van der Waals surface area contributed by atoms with E-state index in [9.17, 15) is 9.50 Å². The Morgan fingerprint density at radius 3 is 2.77 bits per heavy atom. The fraction of sp³-hybridized carbons (Fsp3) is 0.562. The molecule has 3 N–H and O–H groups in total. The van der Waals surface area contributed by atoms with Gasteiger partial charge in [0.05, 0.1) is 12.1 Å². The fourth-order valence-corrected chi connectivity index (χ4v) is 3.55. The molecule has 1 aromatic carbocycles. The predicted octanol–water partition coefficient (Wildman–Crippen LogP) is 1.79. The topological polar surface area (TPSA) is 56.7 Å². The van der Waals surface area contributed by atoms with Crippen LogP contribution in [0.25, 0.3) is 0 Å². The largest absolute Gasteiger partial charge is 0.387 e. The van der Waals surface area contributed by atoms with E-state index in [1.165, 1.54) is 12.1 Å². The summed E-state index contributed by atoms with van der Waals surface area (Å²) in [6.45, 7) is 3.92. The predicted molar refractivity (Wildman–Crippen MR) is 91.0 cm³/mol. The second-order valence-corrected chi connectivity index (χ2v) is 6.63. The summed E-state index contributed by atoms with van der Waals surface area (Å²) in [7, 11) is 0. The zero-order valence-electron chi connectivity index (χ0n) is 12.9. The molecule has 0 radical (unpaired) electrons. The van der Waals surface area contributed by atoms with Gasteiger partial charge in [-0.05, 0) is 43.2 Å². The van der Waals surface area contributed by atoms with Crippen molar-refractivity contribution in [3.8, 4) is 0 Å². The molecule has 0 amide bonds. The van der Waals surface area contributed by atoms with Crippen molar-refractivity contribution in [2.45, 2.75) is 25.4 Å². The standard InChI is InChI=1S/C16H24FN3OS/c1-2-18-15(20-11-16(21)8-10-22-12-16)19-9-7-13-3-5-14(17)6-4-13/h3-6,21H,2,7-12H2,1H3,(H2,18,19,20). The first kappa shape index (κ1) is 17.1. The molecule has 6 heteroatoms. The van der Waals surface area contributed by atoms with Crippen LogP contribution in [0.1, 0.15) is 18.9 Å². The Kier molecular flexibility index (Phi) is 6.51. The molecule has 4 nitrogen and oxygen atoms in total. The van der Waals surface area contributed by atoms with Crippen LogP contribution in [0.4, 0.5) is 4.39 Å². The lowest BCUT2D eigenvalue weighted by Crippen LogP contribution is -2.40. The number of thioether (sulfide) groups is 1. The van der Waals surface area contributed by atoms with Crippen LogP contribution in [0, 0.1) is 5.82 Å². The molecule has 122 valence electrons. The highest BCUT2D eigenvalue weighted by Crippen LogP contribution is 2.27. The second kappa shape index (κ2) is 8.39. The summed E-state index contributed by atoms with van der Waals surface area (Å²) in [5, 5.41) is 16.8. The van der Waals surface area contributed by atoms with Gasteiger partial charge in [0.25, 0.3) is 0 Å². The number of aliphatic imine (C=N–C) groups is 1. The number of halogens is 1. The number of rotatable bonds is 6. The van der Waals surface area contributed by atoms with Gasteiger partial charge in [0.1, 0.15) is 5.82 Å². The minimum absolute atomic E-state index is 0.214. The molecule has 1 aliphatic heterocycles. The number of nitrogens with one attached hydrogen (secondary N) is 2. The molecule has 2 rings (SSSR count). The van der Waals surface area contributed by atoms with Gasteiger partial charge in [0.2, 0.25) is 0 Å². The van der Waals surface area contributed by atoms with E-state index < -0.39 is 5.60 Å². The molecule has 0 saturated carbocycles. The van der Waals surface area contributed by atoms with Gasteiger partial charge in [-0.25, -0.2) is 4.39 Å². The average molecular weight is 325 g/mol. The summed E-state index contributed by atoms with van der Waals surface area (Å²) >= 11 is 1.77. The highest BCUT2D eigenvalue weighted by atomic mass is 32.2. The molecule has 1 saturated heterocycles. The number of benzene rings is 1. The lowest BCUT2D eigenvalue weighted by atomic mass is 10.1. The number of hydrogen-bond donors (Lipinski definition) is 3. The van der Waals surface area contributed by atoms with Crippen molar-refractivity contribution < 1.29 is 9.50 Å². The molecule has 0 spiro atoms. The highest BCUT2D eigenvalue weighted by molar-refractivity contribution is 7.99. The lowest BCUT2D eigenvalue weighted by Gasteiger charge is -2.19. The van der Waals surface area contributed by atoms with E-state index in [1.807, 2.05) is 6.92 Å². The Balaban J connectivity index is 1.81. The van der Waals surface area contributed by atoms with Crippen LogP contribution < -0.4 is 10.6 Å². The van der Waals surface area contributed by atoms with E-state index in [2.05, 4.69) is 15.6 Å². The molecule has 1 aliphatic rings. The second-order valence-electron chi connectivity index (χ2n) is 5.53. The summed E-state index contributed by atoms with van der Waals surface area (Å²) in [5.74, 6) is 2.26. The van der Waals surface area contributed by atoms with E-state index in [1.54, 1.807) is 23.9 Å². The quantitative estimate of drug-likeness (QED) is 0.551. The highest BCUT2D eigenvalue weighted by Gasteiger charge is 2.31. The van der Waals surface area contributed by atoms with Gasteiger partial charge in [-0.15, -0.1) is 0 Å². The fourth-order valence-electron chi connectivity index (χ4n) is 2.27. The van der Waals surface area contributed by atoms with Crippen LogP contribution in [-0.4, -0.2) is 47.8 Å². The third kappa shape index (κ3) is 5.50. The van der Waals surface area contributed by atoms with Gasteiger partial charge in [0, 0.05) is 18.8 Å². The number of guanidine groups is 1. The third-order valence-electron chi connectivity index (χ3n) is 3.58. The van der Waals surface area contributed by atoms with Crippen molar-refractivity contribution in [2.75, 3.05) is 31.1 Å². The van der Waals surface area contributed by atoms with Gasteiger partial charge in [-0.1, -0.05) is 12.1 Å². The Morgan fingerprint density at radius 1 is 1.36 bits per heavy atom. The van der Waals surface area contributed by atoms with Crippen LogP contribution in [0.2, 0.25) is 0 Å². The summed E-state index contributed by atoms with van der Waals surface area (Å²) in [5.41, 5.74) is 0.417. The molecule has 1 fully saturated rings. The van der Waals surface area contributed by atoms with E-state index in [0.717, 1.165) is 42.4 Å². The first-order valence-corrected chi connectivity index (χ1v) is 8.83. The summed E-state index contributed by atoms with van der Waals surface area (Å²) in [6, 6.07) is 6.53. The maximum atomic E-state index is 12.9. The minimum atomic E-state index is -0.663. The van der Waals surface area contributed by atoms with Crippen molar-refractivity contribution in [3.63, 3.8) is 0 Å². The number of nitrogens with zero attached hydrogens (tertiary/aromatic N) is 1. The molecular weight excluding hydrogens is 301 g/mol. The van der Waals surface area contributed by atoms with Gasteiger partial charge in [-0.2, -0.15) is 11.8 Å². The number of hydrogen-bond acceptors (Lipinski definition) is 3. The monoisotopic (exact) mass is 325 g/mol. The van der Waals surface area contributed by atoms with Gasteiger partial charge < -0.3 is 15.7 Å². The normalized spacial score (nSPS) is 21.9. The van der Waals surface area contributed by atoms with E-state index in [0.29, 0.717) is 13.1 Å². The summed E-state index contributed by atoms with van der Waals surface area (Å²) in [4.78, 5) is 4.48. The van der Waals surface area contributed by atoms with Crippen molar-refractivity contribution in [2.24, 2.45) is 4.99 Å². The van der Waals surface area contributed by atoms with Crippen molar-refractivity contribution in [1.82, 2.24) is 10.6 Å². The smallest absolute Gasteiger partial charge is 0.191 e. The first-order chi connectivity index (χ1) is 10.6. The van der Waals surface area contributed by atoms with E-state index in [-0.39, 0.29) is 5.82 Å². The lowest BCUT2D eigenvalue weighted by molar-refractivity contribution is 0.0778. The molecule has 1 unspecified atom stereocenters. The van der Waals surface area contributed by atoms with Gasteiger partial charge in [-0.3, -0.25) is 4.99 Å². The summed E-state index contributed by atoms with van der Waals surface area (Å²) < 4.78 is 12.9. The minimum Gasteiger partial charge on any atom is -0.387 e. The SMILES string of the molecule is CCNC(=NCC1(O)CCSC1)NCCc1ccc(F)cc1. The molecule has 1 heterocycles. The Morgan fingerprint density at radius 2 is 2.14 bits per heavy atom. The molecule has 22 heavy (non-hydrogen) atoms. The van der Waals surface area contributed by atoms with Crippen molar-refractivity contribution >= 4 is 17.7 Å². The van der Waals surface area contributed by atoms with E-state index in [4.69, 9.17) is 0 Å². The molecule has 0 aliphatic carbocycles. The Hall–Kier alpha value is -1.27. The molecular formula is C16H24FN3OS.